The van der Waals surface area contributed by atoms with Gasteiger partial charge in [-0.1, -0.05) is 0 Å². The molecule has 0 unspecified atom stereocenters. The van der Waals surface area contributed by atoms with Gasteiger partial charge in [0.2, 0.25) is 0 Å². The Morgan fingerprint density at radius 2 is 1.61 bits per heavy atom. The number of carbonyl (C=O) groups is 1. The number of carbonyl (C=O) groups excluding carboxylic acids is 1. The molecule has 0 radical (unpaired) electrons. The maximum absolute atomic E-state index is 12.4. The van der Waals surface area contributed by atoms with Crippen molar-refractivity contribution in [1.29, 1.82) is 0 Å². The molecular formula is C12H20F3NO2. The standard InChI is InChI=1S/C12H20F3NO2/c1-11(2,3)18-10(17)16-9-6-4-8(5-7-9)12(13,14)15/h8-9H,4-7H2,1-3H3,(H,16,17). The van der Waals surface area contributed by atoms with Gasteiger partial charge in [-0.2, -0.15) is 13.2 Å². The van der Waals surface area contributed by atoms with Crippen molar-refractivity contribution < 1.29 is 22.7 Å². The van der Waals surface area contributed by atoms with Crippen LogP contribution in [0.15, 0.2) is 0 Å². The smallest absolute Gasteiger partial charge is 0.407 e. The molecule has 1 aliphatic rings. The number of hydrogen-bond acceptors (Lipinski definition) is 2. The van der Waals surface area contributed by atoms with Gasteiger partial charge in [0.15, 0.2) is 0 Å². The minimum atomic E-state index is -4.11. The van der Waals surface area contributed by atoms with Gasteiger partial charge >= 0.3 is 12.3 Å². The van der Waals surface area contributed by atoms with Crippen molar-refractivity contribution in [1.82, 2.24) is 5.32 Å². The molecule has 0 spiro atoms. The number of alkyl halides is 3. The summed E-state index contributed by atoms with van der Waals surface area (Å²) >= 11 is 0. The third kappa shape index (κ3) is 5.14. The van der Waals surface area contributed by atoms with Gasteiger partial charge in [0.25, 0.3) is 0 Å². The normalized spacial score (nSPS) is 25.7. The SMILES string of the molecule is CC(C)(C)OC(=O)NC1CCC(C(F)(F)F)CC1. The Labute approximate surface area is 105 Å². The molecular weight excluding hydrogens is 247 g/mol. The average Bonchev–Trinajstić information content (AvgIpc) is 2.13. The van der Waals surface area contributed by atoms with Gasteiger partial charge in [-0.25, -0.2) is 4.79 Å². The van der Waals surface area contributed by atoms with E-state index < -0.39 is 23.8 Å². The van der Waals surface area contributed by atoms with Gasteiger partial charge in [-0.15, -0.1) is 0 Å². The first-order valence-electron chi connectivity index (χ1n) is 6.14. The highest BCUT2D eigenvalue weighted by atomic mass is 19.4. The summed E-state index contributed by atoms with van der Waals surface area (Å²) in [5, 5.41) is 2.62. The highest BCUT2D eigenvalue weighted by molar-refractivity contribution is 5.68. The third-order valence-corrected chi connectivity index (χ3v) is 2.91. The van der Waals surface area contributed by atoms with Crippen molar-refractivity contribution in [3.8, 4) is 0 Å². The summed E-state index contributed by atoms with van der Waals surface area (Å²) in [4.78, 5) is 11.4. The maximum atomic E-state index is 12.4. The van der Waals surface area contributed by atoms with Crippen molar-refractivity contribution in [2.45, 2.75) is 64.3 Å². The number of halogens is 3. The second-order valence-electron chi connectivity index (χ2n) is 5.74. The first kappa shape index (κ1) is 15.1. The average molecular weight is 267 g/mol. The maximum Gasteiger partial charge on any atom is 0.407 e. The van der Waals surface area contributed by atoms with E-state index in [1.807, 2.05) is 0 Å². The zero-order valence-electron chi connectivity index (χ0n) is 10.9. The Kier molecular flexibility index (Phi) is 4.50. The van der Waals surface area contributed by atoms with E-state index in [-0.39, 0.29) is 18.9 Å². The number of rotatable bonds is 1. The van der Waals surface area contributed by atoms with Crippen LogP contribution in [0.5, 0.6) is 0 Å². The topological polar surface area (TPSA) is 38.3 Å². The molecule has 0 aromatic rings. The number of alkyl carbamates (subject to hydrolysis) is 1. The van der Waals surface area contributed by atoms with Gasteiger partial charge in [0.05, 0.1) is 5.92 Å². The quantitative estimate of drug-likeness (QED) is 0.787. The van der Waals surface area contributed by atoms with Gasteiger partial charge in [-0.05, 0) is 46.5 Å². The Hall–Kier alpha value is -0.940. The molecule has 1 fully saturated rings. The summed E-state index contributed by atoms with van der Waals surface area (Å²) in [5.74, 6) is -1.23. The first-order chi connectivity index (χ1) is 8.08. The lowest BCUT2D eigenvalue weighted by Crippen LogP contribution is -2.42. The third-order valence-electron chi connectivity index (χ3n) is 2.91. The summed E-state index contributed by atoms with van der Waals surface area (Å²) < 4.78 is 42.4. The van der Waals surface area contributed by atoms with Gasteiger partial charge in [-0.3, -0.25) is 0 Å². The molecule has 1 N–H and O–H groups in total. The predicted octanol–water partition coefficient (Wildman–Crippen LogP) is 3.63. The van der Waals surface area contributed by atoms with Crippen LogP contribution < -0.4 is 5.32 Å². The molecule has 0 atom stereocenters. The van der Waals surface area contributed by atoms with E-state index in [0.29, 0.717) is 12.8 Å². The van der Waals surface area contributed by atoms with Crippen LogP contribution in [0.3, 0.4) is 0 Å². The molecule has 106 valence electrons. The van der Waals surface area contributed by atoms with E-state index in [9.17, 15) is 18.0 Å². The van der Waals surface area contributed by atoms with Crippen LogP contribution in [0, 0.1) is 5.92 Å². The number of amides is 1. The molecule has 0 aliphatic heterocycles. The second kappa shape index (κ2) is 5.36. The van der Waals surface area contributed by atoms with E-state index in [2.05, 4.69) is 5.32 Å². The molecule has 6 heteroatoms. The van der Waals surface area contributed by atoms with Crippen LogP contribution in [-0.2, 0) is 4.74 Å². The number of hydrogen-bond donors (Lipinski definition) is 1. The molecule has 3 nitrogen and oxygen atoms in total. The Morgan fingerprint density at radius 3 is 2.00 bits per heavy atom. The second-order valence-corrected chi connectivity index (χ2v) is 5.74. The van der Waals surface area contributed by atoms with Crippen LogP contribution in [0.2, 0.25) is 0 Å². The Balaban J connectivity index is 2.34. The van der Waals surface area contributed by atoms with Gasteiger partial charge in [0, 0.05) is 6.04 Å². The van der Waals surface area contributed by atoms with Crippen molar-refractivity contribution in [2.24, 2.45) is 5.92 Å². The van der Waals surface area contributed by atoms with Crippen molar-refractivity contribution in [3.05, 3.63) is 0 Å². The van der Waals surface area contributed by atoms with E-state index in [1.54, 1.807) is 20.8 Å². The van der Waals surface area contributed by atoms with Crippen LogP contribution in [0.4, 0.5) is 18.0 Å². The first-order valence-corrected chi connectivity index (χ1v) is 6.14. The molecule has 0 saturated heterocycles. The molecule has 0 bridgehead atoms. The zero-order valence-corrected chi connectivity index (χ0v) is 10.9. The van der Waals surface area contributed by atoms with Crippen molar-refractivity contribution in [3.63, 3.8) is 0 Å². The summed E-state index contributed by atoms with van der Waals surface area (Å²) in [6.45, 7) is 5.23. The largest absolute Gasteiger partial charge is 0.444 e. The molecule has 0 aromatic carbocycles. The lowest BCUT2D eigenvalue weighted by atomic mass is 9.86. The Morgan fingerprint density at radius 1 is 1.11 bits per heavy atom. The molecule has 18 heavy (non-hydrogen) atoms. The highest BCUT2D eigenvalue weighted by Gasteiger charge is 2.41. The fourth-order valence-corrected chi connectivity index (χ4v) is 2.04. The molecule has 0 heterocycles. The highest BCUT2D eigenvalue weighted by Crippen LogP contribution is 2.37. The van der Waals surface area contributed by atoms with Crippen molar-refractivity contribution in [2.75, 3.05) is 0 Å². The minimum absolute atomic E-state index is 0.0734. The summed E-state index contributed by atoms with van der Waals surface area (Å²) in [6.07, 6.45) is -3.82. The molecule has 1 aliphatic carbocycles. The van der Waals surface area contributed by atoms with E-state index in [4.69, 9.17) is 4.74 Å². The number of nitrogens with one attached hydrogen (secondary N) is 1. The van der Waals surface area contributed by atoms with Gasteiger partial charge in [0.1, 0.15) is 5.60 Å². The van der Waals surface area contributed by atoms with Crippen LogP contribution in [0.1, 0.15) is 46.5 Å². The predicted molar refractivity (Wildman–Crippen MR) is 61.2 cm³/mol. The zero-order chi connectivity index (χ0) is 14.0. The van der Waals surface area contributed by atoms with Crippen molar-refractivity contribution >= 4 is 6.09 Å². The van der Waals surface area contributed by atoms with Crippen LogP contribution in [0.25, 0.3) is 0 Å². The van der Waals surface area contributed by atoms with E-state index >= 15 is 0 Å². The molecule has 1 rings (SSSR count). The lowest BCUT2D eigenvalue weighted by molar-refractivity contribution is -0.182. The monoisotopic (exact) mass is 267 g/mol. The van der Waals surface area contributed by atoms with E-state index in [1.165, 1.54) is 0 Å². The fraction of sp³-hybridized carbons (Fsp3) is 0.917. The lowest BCUT2D eigenvalue weighted by Gasteiger charge is -2.30. The van der Waals surface area contributed by atoms with Crippen LogP contribution >= 0.6 is 0 Å². The van der Waals surface area contributed by atoms with Gasteiger partial charge < -0.3 is 10.1 Å². The number of ether oxygens (including phenoxy) is 1. The summed E-state index contributed by atoms with van der Waals surface area (Å²) in [6, 6.07) is -0.210. The minimum Gasteiger partial charge on any atom is -0.444 e. The molecule has 0 aromatic heterocycles. The fourth-order valence-electron chi connectivity index (χ4n) is 2.04. The summed E-state index contributed by atoms with van der Waals surface area (Å²) in [7, 11) is 0. The summed E-state index contributed by atoms with van der Waals surface area (Å²) in [5.41, 5.74) is -0.590. The Bertz CT molecular complexity index is 289. The molecule has 1 saturated carbocycles. The van der Waals surface area contributed by atoms with Crippen LogP contribution in [-0.4, -0.2) is 23.9 Å². The van der Waals surface area contributed by atoms with E-state index in [0.717, 1.165) is 0 Å². The molecule has 1 amide bonds.